The van der Waals surface area contributed by atoms with E-state index in [0.29, 0.717) is 18.1 Å². The molecule has 1 aliphatic heterocycles. The number of imidazole rings is 1. The van der Waals surface area contributed by atoms with Gasteiger partial charge in [-0.05, 0) is 37.5 Å². The van der Waals surface area contributed by atoms with Crippen LogP contribution < -0.4 is 15.4 Å². The lowest BCUT2D eigenvalue weighted by Gasteiger charge is -2.30. The van der Waals surface area contributed by atoms with Crippen molar-refractivity contribution in [1.82, 2.24) is 14.3 Å². The minimum Gasteiger partial charge on any atom is -0.398 e. The SMILES string of the molecule is Cc1nc(S(=O)(=O)NCCC(=O)N2CCCc3c(N)cccc32)cn1C. The molecule has 1 aromatic heterocycles. The summed E-state index contributed by atoms with van der Waals surface area (Å²) >= 11 is 0. The van der Waals surface area contributed by atoms with E-state index in [4.69, 9.17) is 5.73 Å². The first kappa shape index (κ1) is 18.4. The van der Waals surface area contributed by atoms with E-state index in [-0.39, 0.29) is 23.9 Å². The normalized spacial score (nSPS) is 14.3. The van der Waals surface area contributed by atoms with Gasteiger partial charge in [0.15, 0.2) is 5.03 Å². The zero-order valence-electron chi connectivity index (χ0n) is 14.9. The molecule has 0 radical (unpaired) electrons. The van der Waals surface area contributed by atoms with Crippen molar-refractivity contribution in [2.45, 2.75) is 31.2 Å². The molecule has 0 spiro atoms. The number of hydrogen-bond donors (Lipinski definition) is 2. The van der Waals surface area contributed by atoms with Gasteiger partial charge in [0.1, 0.15) is 5.82 Å². The average molecular weight is 377 g/mol. The molecule has 0 atom stereocenters. The molecule has 3 N–H and O–H groups in total. The van der Waals surface area contributed by atoms with Crippen molar-refractivity contribution in [3.63, 3.8) is 0 Å². The number of aromatic nitrogens is 2. The van der Waals surface area contributed by atoms with Crippen LogP contribution in [0.2, 0.25) is 0 Å². The summed E-state index contributed by atoms with van der Waals surface area (Å²) in [4.78, 5) is 18.3. The standard InChI is InChI=1S/C17H23N5O3S/c1-12-20-16(11-21(12)2)26(24,25)19-9-8-17(23)22-10-4-5-13-14(18)6-3-7-15(13)22/h3,6-7,11,19H,4-5,8-10,18H2,1-2H3. The van der Waals surface area contributed by atoms with E-state index in [9.17, 15) is 13.2 Å². The quantitative estimate of drug-likeness (QED) is 0.754. The highest BCUT2D eigenvalue weighted by atomic mass is 32.2. The van der Waals surface area contributed by atoms with Crippen molar-refractivity contribution in [3.05, 3.63) is 35.8 Å². The number of anilines is 2. The third-order valence-corrected chi connectivity index (χ3v) is 5.91. The molecule has 3 rings (SSSR count). The molecule has 9 heteroatoms. The summed E-state index contributed by atoms with van der Waals surface area (Å²) < 4.78 is 28.6. The number of nitrogens with one attached hydrogen (secondary N) is 1. The molecule has 1 aromatic carbocycles. The first-order valence-corrected chi connectivity index (χ1v) is 9.95. The minimum absolute atomic E-state index is 0.0188. The van der Waals surface area contributed by atoms with E-state index in [1.807, 2.05) is 18.2 Å². The van der Waals surface area contributed by atoms with Crippen LogP contribution in [0.5, 0.6) is 0 Å². The van der Waals surface area contributed by atoms with E-state index in [1.165, 1.54) is 6.20 Å². The van der Waals surface area contributed by atoms with Crippen LogP contribution in [0.3, 0.4) is 0 Å². The maximum absolute atomic E-state index is 12.6. The summed E-state index contributed by atoms with van der Waals surface area (Å²) in [5, 5.41) is -0.0407. The molecular weight excluding hydrogens is 354 g/mol. The summed E-state index contributed by atoms with van der Waals surface area (Å²) in [5.41, 5.74) is 8.49. The van der Waals surface area contributed by atoms with Crippen LogP contribution in [0.4, 0.5) is 11.4 Å². The Labute approximate surface area is 153 Å². The fourth-order valence-electron chi connectivity index (χ4n) is 3.07. The molecular formula is C17H23N5O3S. The number of nitrogens with zero attached hydrogens (tertiary/aromatic N) is 3. The molecule has 26 heavy (non-hydrogen) atoms. The number of carbonyl (C=O) groups excluding carboxylic acids is 1. The van der Waals surface area contributed by atoms with Gasteiger partial charge in [-0.25, -0.2) is 18.1 Å². The number of nitrogen functional groups attached to an aromatic ring is 1. The number of fused-ring (bicyclic) bond motifs is 1. The molecule has 0 fully saturated rings. The summed E-state index contributed by atoms with van der Waals surface area (Å²) in [7, 11) is -2.00. The monoisotopic (exact) mass is 377 g/mol. The van der Waals surface area contributed by atoms with Crippen molar-refractivity contribution in [1.29, 1.82) is 0 Å². The predicted molar refractivity (Wildman–Crippen MR) is 99.3 cm³/mol. The third-order valence-electron chi connectivity index (χ3n) is 4.58. The molecule has 0 bridgehead atoms. The molecule has 2 heterocycles. The van der Waals surface area contributed by atoms with Crippen molar-refractivity contribution in [2.24, 2.45) is 7.05 Å². The average Bonchev–Trinajstić information content (AvgIpc) is 2.94. The van der Waals surface area contributed by atoms with Gasteiger partial charge in [-0.15, -0.1) is 0 Å². The van der Waals surface area contributed by atoms with Gasteiger partial charge in [0, 0.05) is 44.1 Å². The number of rotatable bonds is 5. The van der Waals surface area contributed by atoms with Gasteiger partial charge < -0.3 is 15.2 Å². The van der Waals surface area contributed by atoms with Crippen molar-refractivity contribution < 1.29 is 13.2 Å². The van der Waals surface area contributed by atoms with Crippen LogP contribution >= 0.6 is 0 Å². The smallest absolute Gasteiger partial charge is 0.259 e. The second-order valence-electron chi connectivity index (χ2n) is 6.38. The Morgan fingerprint density at radius 2 is 2.15 bits per heavy atom. The van der Waals surface area contributed by atoms with Gasteiger partial charge in [-0.1, -0.05) is 6.07 Å². The van der Waals surface area contributed by atoms with E-state index in [1.54, 1.807) is 23.4 Å². The summed E-state index contributed by atoms with van der Waals surface area (Å²) in [5.74, 6) is 0.473. The van der Waals surface area contributed by atoms with Crippen molar-refractivity contribution in [2.75, 3.05) is 23.7 Å². The molecule has 8 nitrogen and oxygen atoms in total. The second kappa shape index (κ2) is 7.08. The van der Waals surface area contributed by atoms with E-state index in [0.717, 1.165) is 24.1 Å². The van der Waals surface area contributed by atoms with Gasteiger partial charge in [0.2, 0.25) is 5.91 Å². The lowest BCUT2D eigenvalue weighted by atomic mass is 9.99. The van der Waals surface area contributed by atoms with Gasteiger partial charge in [0.05, 0.1) is 0 Å². The minimum atomic E-state index is -3.73. The Balaban J connectivity index is 1.64. The topological polar surface area (TPSA) is 110 Å². The van der Waals surface area contributed by atoms with Gasteiger partial charge in [-0.3, -0.25) is 4.79 Å². The highest BCUT2D eigenvalue weighted by Gasteiger charge is 2.24. The Hall–Kier alpha value is -2.39. The van der Waals surface area contributed by atoms with Gasteiger partial charge in [0.25, 0.3) is 10.0 Å². The highest BCUT2D eigenvalue weighted by Crippen LogP contribution is 2.31. The maximum Gasteiger partial charge on any atom is 0.259 e. The van der Waals surface area contributed by atoms with E-state index >= 15 is 0 Å². The third kappa shape index (κ3) is 3.58. The summed E-state index contributed by atoms with van der Waals surface area (Å²) in [6.07, 6.45) is 3.20. The number of nitrogens with two attached hydrogens (primary N) is 1. The molecule has 0 saturated carbocycles. The molecule has 0 aliphatic carbocycles. The summed E-state index contributed by atoms with van der Waals surface area (Å²) in [6.45, 7) is 2.36. The van der Waals surface area contributed by atoms with Gasteiger partial charge in [-0.2, -0.15) is 0 Å². The Kier molecular flexibility index (Phi) is 5.01. The maximum atomic E-state index is 12.6. The Morgan fingerprint density at radius 3 is 2.85 bits per heavy atom. The largest absolute Gasteiger partial charge is 0.398 e. The number of carbonyl (C=O) groups is 1. The second-order valence-corrected chi connectivity index (χ2v) is 8.09. The number of sulfonamides is 1. The first-order chi connectivity index (χ1) is 12.3. The van der Waals surface area contributed by atoms with Crippen LogP contribution in [0.25, 0.3) is 0 Å². The van der Waals surface area contributed by atoms with Crippen LogP contribution in [-0.4, -0.2) is 37.0 Å². The molecule has 1 amide bonds. The van der Waals surface area contributed by atoms with Crippen LogP contribution in [0, 0.1) is 6.92 Å². The number of benzene rings is 1. The first-order valence-electron chi connectivity index (χ1n) is 8.47. The molecule has 0 saturated heterocycles. The lowest BCUT2D eigenvalue weighted by molar-refractivity contribution is -0.118. The Morgan fingerprint density at radius 1 is 1.38 bits per heavy atom. The highest BCUT2D eigenvalue weighted by molar-refractivity contribution is 7.89. The van der Waals surface area contributed by atoms with Crippen molar-refractivity contribution in [3.8, 4) is 0 Å². The molecule has 2 aromatic rings. The summed E-state index contributed by atoms with van der Waals surface area (Å²) in [6, 6.07) is 5.53. The molecule has 0 unspecified atom stereocenters. The number of aryl methyl sites for hydroxylation is 2. The number of hydrogen-bond acceptors (Lipinski definition) is 5. The van der Waals surface area contributed by atoms with E-state index in [2.05, 4.69) is 9.71 Å². The van der Waals surface area contributed by atoms with Gasteiger partial charge >= 0.3 is 0 Å². The van der Waals surface area contributed by atoms with Crippen LogP contribution in [0.15, 0.2) is 29.4 Å². The predicted octanol–water partition coefficient (Wildman–Crippen LogP) is 0.959. The lowest BCUT2D eigenvalue weighted by Crippen LogP contribution is -2.38. The zero-order chi connectivity index (χ0) is 18.9. The van der Waals surface area contributed by atoms with Crippen molar-refractivity contribution >= 4 is 27.3 Å². The Bertz CT molecular complexity index is 916. The zero-order valence-corrected chi connectivity index (χ0v) is 15.7. The molecule has 1 aliphatic rings. The fourth-order valence-corrected chi connectivity index (χ4v) is 4.14. The number of amides is 1. The molecule has 140 valence electrons. The fraction of sp³-hybridized carbons (Fsp3) is 0.412. The van der Waals surface area contributed by atoms with Crippen LogP contribution in [0.1, 0.15) is 24.2 Å². The van der Waals surface area contributed by atoms with Crippen LogP contribution in [-0.2, 0) is 28.3 Å². The van der Waals surface area contributed by atoms with E-state index < -0.39 is 10.0 Å².